The van der Waals surface area contributed by atoms with Gasteiger partial charge in [-0.15, -0.1) is 0 Å². The summed E-state index contributed by atoms with van der Waals surface area (Å²) in [5, 5.41) is 5.51. The molecule has 0 aliphatic carbocycles. The Morgan fingerprint density at radius 2 is 1.33 bits per heavy atom. The molecule has 2 aliphatic heterocycles. The van der Waals surface area contributed by atoms with E-state index >= 15 is 0 Å². The normalized spacial score (nSPS) is 14.7. The van der Waals surface area contributed by atoms with Crippen LogP contribution in [0.4, 0.5) is 9.59 Å². The third kappa shape index (κ3) is 6.37. The van der Waals surface area contributed by atoms with E-state index in [2.05, 4.69) is 92.1 Å². The van der Waals surface area contributed by atoms with Crippen LogP contribution < -0.4 is 24.8 Å². The second-order valence-electron chi connectivity index (χ2n) is 12.5. The number of hydrogen-bond acceptors (Lipinski definition) is 5. The van der Waals surface area contributed by atoms with E-state index in [4.69, 9.17) is 14.2 Å². The Hall–Kier alpha value is -5.18. The number of carbonyl (C=O) groups excluding carboxylic acids is 2. The molecule has 4 aromatic carbocycles. The lowest BCUT2D eigenvalue weighted by molar-refractivity contribution is 0.189. The lowest BCUT2D eigenvalue weighted by Crippen LogP contribution is -2.38. The van der Waals surface area contributed by atoms with Gasteiger partial charge in [0.25, 0.3) is 0 Å². The third-order valence-electron chi connectivity index (χ3n) is 9.48. The predicted octanol–water partition coefficient (Wildman–Crippen LogP) is 6.87. The number of aryl methyl sites for hydroxylation is 2. The summed E-state index contributed by atoms with van der Waals surface area (Å²) in [6, 6.07) is 23.2. The quantitative estimate of drug-likeness (QED) is 0.247. The Morgan fingerprint density at radius 3 is 1.96 bits per heavy atom. The van der Waals surface area contributed by atoms with Gasteiger partial charge in [0.15, 0.2) is 11.5 Å². The van der Waals surface area contributed by atoms with Crippen LogP contribution in [0.2, 0.25) is 0 Å². The minimum Gasteiger partial charge on any atom is -0.493 e. The lowest BCUT2D eigenvalue weighted by atomic mass is 9.85. The number of ether oxygens (including phenoxy) is 3. The van der Waals surface area contributed by atoms with Gasteiger partial charge in [-0.3, -0.25) is 0 Å². The number of hydrogen-bond donors (Lipinski definition) is 2. The fourth-order valence-corrected chi connectivity index (χ4v) is 6.78. The van der Waals surface area contributed by atoms with Crippen LogP contribution in [-0.2, 0) is 13.1 Å². The van der Waals surface area contributed by atoms with Crippen molar-refractivity contribution in [3.05, 3.63) is 100 Å². The molecule has 2 N–H and O–H groups in total. The summed E-state index contributed by atoms with van der Waals surface area (Å²) in [4.78, 5) is 28.8. The molecule has 9 nitrogen and oxygen atoms in total. The molecule has 4 aromatic rings. The highest BCUT2D eigenvalue weighted by atomic mass is 16.5. The highest BCUT2D eigenvalue weighted by Gasteiger charge is 2.27. The maximum atomic E-state index is 12.7. The molecule has 0 radical (unpaired) electrons. The summed E-state index contributed by atoms with van der Waals surface area (Å²) >= 11 is 0. The number of fused-ring (bicyclic) bond motifs is 2. The third-order valence-corrected chi connectivity index (χ3v) is 9.48. The zero-order valence-electron chi connectivity index (χ0n) is 28.6. The average molecular weight is 649 g/mol. The number of rotatable bonds is 5. The predicted molar refractivity (Wildman–Crippen MR) is 188 cm³/mol. The Balaban J connectivity index is 1.45. The highest BCUT2D eigenvalue weighted by molar-refractivity contribution is 5.77. The van der Waals surface area contributed by atoms with Crippen LogP contribution in [0.3, 0.4) is 0 Å². The molecule has 0 saturated carbocycles. The molecule has 250 valence electrons. The number of methoxy groups -OCH3 is 1. The van der Waals surface area contributed by atoms with Gasteiger partial charge in [-0.25, -0.2) is 9.59 Å². The number of amides is 4. The van der Waals surface area contributed by atoms with Gasteiger partial charge in [0.2, 0.25) is 0 Å². The average Bonchev–Trinajstić information content (AvgIpc) is 3.47. The second kappa shape index (κ2) is 13.9. The first-order valence-corrected chi connectivity index (χ1v) is 16.5. The first-order chi connectivity index (χ1) is 23.2. The monoisotopic (exact) mass is 648 g/mol. The van der Waals surface area contributed by atoms with Gasteiger partial charge in [0.05, 0.1) is 33.3 Å². The van der Waals surface area contributed by atoms with Crippen molar-refractivity contribution in [2.45, 2.75) is 39.8 Å². The van der Waals surface area contributed by atoms with E-state index in [1.54, 1.807) is 31.0 Å². The van der Waals surface area contributed by atoms with E-state index < -0.39 is 0 Å². The van der Waals surface area contributed by atoms with Gasteiger partial charge >= 0.3 is 12.1 Å². The van der Waals surface area contributed by atoms with Crippen molar-refractivity contribution in [1.82, 2.24) is 20.4 Å². The minimum atomic E-state index is -0.143. The van der Waals surface area contributed by atoms with Gasteiger partial charge in [-0.2, -0.15) is 0 Å². The Bertz CT molecular complexity index is 1850. The van der Waals surface area contributed by atoms with Crippen molar-refractivity contribution in [2.75, 3.05) is 47.5 Å². The van der Waals surface area contributed by atoms with E-state index in [0.717, 1.165) is 55.8 Å². The van der Waals surface area contributed by atoms with E-state index in [9.17, 15) is 9.59 Å². The highest BCUT2D eigenvalue weighted by Crippen LogP contribution is 2.43. The zero-order valence-corrected chi connectivity index (χ0v) is 28.6. The van der Waals surface area contributed by atoms with Crippen molar-refractivity contribution in [2.24, 2.45) is 0 Å². The van der Waals surface area contributed by atoms with Gasteiger partial charge in [0, 0.05) is 36.7 Å². The van der Waals surface area contributed by atoms with Crippen molar-refractivity contribution in [1.29, 1.82) is 0 Å². The molecule has 0 bridgehead atoms. The van der Waals surface area contributed by atoms with Gasteiger partial charge in [-0.1, -0.05) is 49.4 Å². The molecule has 2 heterocycles. The zero-order chi connectivity index (χ0) is 33.9. The van der Waals surface area contributed by atoms with Crippen LogP contribution in [-0.4, -0.2) is 69.4 Å². The maximum absolute atomic E-state index is 12.7. The first kappa shape index (κ1) is 32.7. The van der Waals surface area contributed by atoms with Gasteiger partial charge < -0.3 is 34.6 Å². The smallest absolute Gasteiger partial charge is 0.317 e. The Morgan fingerprint density at radius 1 is 0.750 bits per heavy atom. The molecule has 1 unspecified atom stereocenters. The summed E-state index contributed by atoms with van der Waals surface area (Å²) in [5.41, 5.74) is 10.7. The number of benzene rings is 4. The summed E-state index contributed by atoms with van der Waals surface area (Å²) in [7, 11) is 4.94. The number of nitrogens with one attached hydrogen (secondary N) is 2. The van der Waals surface area contributed by atoms with Gasteiger partial charge in [-0.05, 0) is 77.1 Å². The number of carbonyl (C=O) groups is 2. The molecular formula is C39H44N4O5. The minimum absolute atomic E-state index is 0.0246. The molecule has 2 aliphatic rings. The molecule has 0 aromatic heterocycles. The largest absolute Gasteiger partial charge is 0.493 e. The molecule has 48 heavy (non-hydrogen) atoms. The summed E-state index contributed by atoms with van der Waals surface area (Å²) in [6.45, 7) is 9.08. The SMILES string of the molecule is CNC(=O)N1CCOc2c(cc(-c3cc(C(C)c4cc(-c5ccccc5C)cc5c4OCCN(C(=O)NC)C5)ccc3C)cc2OC)C1. The van der Waals surface area contributed by atoms with E-state index in [1.807, 2.05) is 6.07 Å². The molecule has 9 heteroatoms. The standard InChI is InChI=1S/C39H44N4O5/c1-24-9-7-8-10-32(24)28-17-30-22-42(38(44)40-4)13-15-47-36(30)34(20-28)26(3)27-12-11-25(2)33(19-27)29-18-31-23-43(39(45)41-5)14-16-48-37(31)35(21-29)46-6/h7-12,17-21,26H,13-16,22-23H2,1-6H3,(H,40,44)(H,41,45). The van der Waals surface area contributed by atoms with E-state index in [1.165, 1.54) is 5.56 Å². The number of urea groups is 2. The summed E-state index contributed by atoms with van der Waals surface area (Å²) in [5.74, 6) is 2.13. The molecular weight excluding hydrogens is 604 g/mol. The first-order valence-electron chi connectivity index (χ1n) is 16.5. The number of nitrogens with zero attached hydrogens (tertiary/aromatic N) is 2. The van der Waals surface area contributed by atoms with Crippen LogP contribution >= 0.6 is 0 Å². The van der Waals surface area contributed by atoms with Crippen LogP contribution in [0.1, 0.15) is 46.2 Å². The van der Waals surface area contributed by atoms with Crippen LogP contribution in [0, 0.1) is 13.8 Å². The molecule has 0 spiro atoms. The molecule has 6 rings (SSSR count). The van der Waals surface area contributed by atoms with Gasteiger partial charge in [0.1, 0.15) is 19.0 Å². The summed E-state index contributed by atoms with van der Waals surface area (Å²) < 4.78 is 18.4. The Labute approximate surface area is 282 Å². The second-order valence-corrected chi connectivity index (χ2v) is 12.5. The fraction of sp³-hybridized carbons (Fsp3) is 0.333. The van der Waals surface area contributed by atoms with Crippen molar-refractivity contribution < 1.29 is 23.8 Å². The molecule has 1 atom stereocenters. The fourth-order valence-electron chi connectivity index (χ4n) is 6.78. The van der Waals surface area contributed by atoms with Crippen LogP contribution in [0.5, 0.6) is 17.2 Å². The molecule has 0 saturated heterocycles. The van der Waals surface area contributed by atoms with E-state index in [-0.39, 0.29) is 18.0 Å². The molecule has 4 amide bonds. The maximum Gasteiger partial charge on any atom is 0.317 e. The van der Waals surface area contributed by atoms with Crippen molar-refractivity contribution >= 4 is 12.1 Å². The van der Waals surface area contributed by atoms with E-state index in [0.29, 0.717) is 50.9 Å². The van der Waals surface area contributed by atoms with Crippen LogP contribution in [0.25, 0.3) is 22.3 Å². The lowest BCUT2D eigenvalue weighted by Gasteiger charge is -2.23. The van der Waals surface area contributed by atoms with Crippen molar-refractivity contribution in [3.63, 3.8) is 0 Å². The summed E-state index contributed by atoms with van der Waals surface area (Å²) in [6.07, 6.45) is 0. The Kier molecular flexibility index (Phi) is 9.48. The molecule has 0 fully saturated rings. The van der Waals surface area contributed by atoms with Crippen molar-refractivity contribution in [3.8, 4) is 39.5 Å². The van der Waals surface area contributed by atoms with Crippen LogP contribution in [0.15, 0.2) is 66.7 Å². The topological polar surface area (TPSA) is 92.4 Å².